The van der Waals surface area contributed by atoms with E-state index in [1.54, 1.807) is 74.9 Å². The maximum atomic E-state index is 12.7. The third-order valence-corrected chi connectivity index (χ3v) is 4.32. The summed E-state index contributed by atoms with van der Waals surface area (Å²) < 4.78 is 10.3. The monoisotopic (exact) mass is 423 g/mol. The van der Waals surface area contributed by atoms with Crippen LogP contribution in [0, 0.1) is 0 Å². The smallest absolute Gasteiger partial charge is 0.267 e. The molecule has 0 saturated heterocycles. The minimum Gasteiger partial charge on any atom is -0.356 e. The summed E-state index contributed by atoms with van der Waals surface area (Å²) in [6.45, 7) is 0.385. The minimum atomic E-state index is -0.421. The number of azide groups is 1. The molecule has 0 radical (unpaired) electrons. The molecular formula is C22H25N5O4. The van der Waals surface area contributed by atoms with Crippen LogP contribution in [-0.2, 0) is 14.3 Å². The van der Waals surface area contributed by atoms with E-state index in [1.165, 1.54) is 0 Å². The van der Waals surface area contributed by atoms with Crippen LogP contribution in [0.15, 0.2) is 65.4 Å². The lowest BCUT2D eigenvalue weighted by Crippen LogP contribution is -2.35. The Balaban J connectivity index is 2.13. The van der Waals surface area contributed by atoms with Gasteiger partial charge in [0.05, 0.1) is 0 Å². The number of benzene rings is 2. The highest BCUT2D eigenvalue weighted by Gasteiger charge is 2.14. The zero-order valence-corrected chi connectivity index (χ0v) is 17.4. The van der Waals surface area contributed by atoms with Gasteiger partial charge in [-0.05, 0) is 35.7 Å². The maximum Gasteiger partial charge on any atom is 0.267 e. The summed E-state index contributed by atoms with van der Waals surface area (Å²) >= 11 is 0. The molecule has 2 amide bonds. The average Bonchev–Trinajstić information content (AvgIpc) is 2.80. The van der Waals surface area contributed by atoms with Gasteiger partial charge in [0, 0.05) is 43.3 Å². The summed E-state index contributed by atoms with van der Waals surface area (Å²) in [5, 5.41) is 8.99. The first kappa shape index (κ1) is 23.6. The molecule has 2 aromatic carbocycles. The van der Waals surface area contributed by atoms with Gasteiger partial charge in [0.15, 0.2) is 6.29 Å². The molecule has 0 saturated carbocycles. The molecule has 0 aromatic heterocycles. The average molecular weight is 423 g/mol. The van der Waals surface area contributed by atoms with Gasteiger partial charge in [0.2, 0.25) is 0 Å². The lowest BCUT2D eigenvalue weighted by Gasteiger charge is -2.14. The molecule has 0 unspecified atom stereocenters. The van der Waals surface area contributed by atoms with E-state index in [0.29, 0.717) is 36.2 Å². The van der Waals surface area contributed by atoms with E-state index in [-0.39, 0.29) is 12.0 Å². The van der Waals surface area contributed by atoms with Gasteiger partial charge in [-0.3, -0.25) is 9.59 Å². The van der Waals surface area contributed by atoms with Crippen molar-refractivity contribution in [1.29, 1.82) is 0 Å². The van der Waals surface area contributed by atoms with E-state index in [9.17, 15) is 9.59 Å². The molecule has 162 valence electrons. The molecule has 31 heavy (non-hydrogen) atoms. The van der Waals surface area contributed by atoms with Gasteiger partial charge in [0.1, 0.15) is 5.70 Å². The molecule has 0 fully saturated rings. The highest BCUT2D eigenvalue weighted by molar-refractivity contribution is 6.05. The van der Waals surface area contributed by atoms with Gasteiger partial charge >= 0.3 is 0 Å². The van der Waals surface area contributed by atoms with Crippen LogP contribution in [-0.4, -0.2) is 38.9 Å². The van der Waals surface area contributed by atoms with Crippen LogP contribution in [0.4, 0.5) is 5.69 Å². The third kappa shape index (κ3) is 7.94. The van der Waals surface area contributed by atoms with Crippen molar-refractivity contribution >= 4 is 23.6 Å². The number of methoxy groups -OCH3 is 2. The van der Waals surface area contributed by atoms with Crippen LogP contribution in [0.25, 0.3) is 16.5 Å². The molecule has 0 atom stereocenters. The third-order valence-electron chi connectivity index (χ3n) is 4.32. The molecule has 0 heterocycles. The zero-order valence-electron chi connectivity index (χ0n) is 17.4. The van der Waals surface area contributed by atoms with Gasteiger partial charge < -0.3 is 20.1 Å². The Morgan fingerprint density at radius 1 is 1.10 bits per heavy atom. The van der Waals surface area contributed by atoms with Crippen LogP contribution >= 0.6 is 0 Å². The topological polar surface area (TPSA) is 125 Å². The highest BCUT2D eigenvalue weighted by Crippen LogP contribution is 2.15. The number of carbonyl (C=O) groups excluding carboxylic acids is 2. The van der Waals surface area contributed by atoms with Gasteiger partial charge in [-0.1, -0.05) is 47.6 Å². The van der Waals surface area contributed by atoms with Crippen molar-refractivity contribution in [2.45, 2.75) is 19.1 Å². The molecule has 0 aliphatic carbocycles. The Morgan fingerprint density at radius 3 is 2.39 bits per heavy atom. The Morgan fingerprint density at radius 2 is 1.77 bits per heavy atom. The standard InChI is InChI=1S/C22H25N5O4/c1-30-20(31-2)9-6-14-24-22(29)19(25-21(28)17-7-4-3-5-8-17)15-16-10-12-18(13-11-16)26-27-23/h3-5,7-8,10-13,15,20H,6,9,14H2,1-2H3,(H,24,29)(H,25,28). The summed E-state index contributed by atoms with van der Waals surface area (Å²) in [6.07, 6.45) is 2.48. The number of carbonyl (C=O) groups is 2. The number of hydrogen-bond acceptors (Lipinski definition) is 5. The Labute approximate surface area is 180 Å². The maximum absolute atomic E-state index is 12.7. The first-order valence-corrected chi connectivity index (χ1v) is 9.64. The summed E-state index contributed by atoms with van der Waals surface area (Å²) in [6, 6.07) is 15.2. The highest BCUT2D eigenvalue weighted by atomic mass is 16.7. The van der Waals surface area contributed by atoms with Gasteiger partial charge in [-0.2, -0.15) is 0 Å². The molecule has 0 aliphatic heterocycles. The second kappa shape index (κ2) is 12.8. The molecule has 9 nitrogen and oxygen atoms in total. The number of hydrogen-bond donors (Lipinski definition) is 2. The van der Waals surface area contributed by atoms with Crippen LogP contribution < -0.4 is 10.6 Å². The van der Waals surface area contributed by atoms with E-state index in [2.05, 4.69) is 20.7 Å². The number of rotatable bonds is 11. The first-order chi connectivity index (χ1) is 15.1. The van der Waals surface area contributed by atoms with Crippen LogP contribution in [0.5, 0.6) is 0 Å². The van der Waals surface area contributed by atoms with E-state index in [1.807, 2.05) is 0 Å². The SMILES string of the molecule is COC(CCCNC(=O)C(=Cc1ccc(N=[N+]=[N-])cc1)NC(=O)c1ccccc1)OC. The van der Waals surface area contributed by atoms with E-state index >= 15 is 0 Å². The van der Waals surface area contributed by atoms with Crippen LogP contribution in [0.1, 0.15) is 28.8 Å². The Bertz CT molecular complexity index is 934. The second-order valence-electron chi connectivity index (χ2n) is 6.46. The van der Waals surface area contributed by atoms with Gasteiger partial charge in [-0.15, -0.1) is 0 Å². The van der Waals surface area contributed by atoms with Crippen molar-refractivity contribution in [3.63, 3.8) is 0 Å². The van der Waals surface area contributed by atoms with Gasteiger partial charge in [0.25, 0.3) is 11.8 Å². The minimum absolute atomic E-state index is 0.0976. The van der Waals surface area contributed by atoms with Crippen molar-refractivity contribution in [1.82, 2.24) is 10.6 Å². The number of nitrogens with one attached hydrogen (secondary N) is 2. The quantitative estimate of drug-likeness (QED) is 0.142. The van der Waals surface area contributed by atoms with Gasteiger partial charge in [-0.25, -0.2) is 0 Å². The first-order valence-electron chi connectivity index (χ1n) is 9.64. The van der Waals surface area contributed by atoms with Crippen molar-refractivity contribution in [3.05, 3.63) is 81.9 Å². The molecule has 0 bridgehead atoms. The number of ether oxygens (including phenoxy) is 2. The van der Waals surface area contributed by atoms with E-state index in [4.69, 9.17) is 15.0 Å². The molecule has 0 aliphatic rings. The van der Waals surface area contributed by atoms with Crippen molar-refractivity contribution in [2.24, 2.45) is 5.11 Å². The molecule has 2 aromatic rings. The van der Waals surface area contributed by atoms with Crippen LogP contribution in [0.2, 0.25) is 0 Å². The fourth-order valence-corrected chi connectivity index (χ4v) is 2.70. The van der Waals surface area contributed by atoms with Crippen molar-refractivity contribution in [2.75, 3.05) is 20.8 Å². The lowest BCUT2D eigenvalue weighted by molar-refractivity contribution is -0.118. The van der Waals surface area contributed by atoms with Crippen molar-refractivity contribution < 1.29 is 19.1 Å². The molecule has 2 N–H and O–H groups in total. The summed E-state index contributed by atoms with van der Waals surface area (Å²) in [4.78, 5) is 28.0. The fraction of sp³-hybridized carbons (Fsp3) is 0.273. The largest absolute Gasteiger partial charge is 0.356 e. The fourth-order valence-electron chi connectivity index (χ4n) is 2.70. The predicted molar refractivity (Wildman–Crippen MR) is 117 cm³/mol. The predicted octanol–water partition coefficient (Wildman–Crippen LogP) is 3.91. The number of amides is 2. The number of nitrogens with zero attached hydrogens (tertiary/aromatic N) is 3. The normalized spacial score (nSPS) is 11.0. The molecular weight excluding hydrogens is 398 g/mol. The van der Waals surface area contributed by atoms with Crippen molar-refractivity contribution in [3.8, 4) is 0 Å². The Kier molecular flexibility index (Phi) is 9.77. The summed E-state index contributed by atoms with van der Waals surface area (Å²) in [5.41, 5.74) is 10.2. The Hall–Kier alpha value is -3.65. The summed E-state index contributed by atoms with van der Waals surface area (Å²) in [5.74, 6) is -0.818. The van der Waals surface area contributed by atoms with E-state index < -0.39 is 11.8 Å². The second-order valence-corrected chi connectivity index (χ2v) is 6.46. The molecule has 0 spiro atoms. The molecule has 2 rings (SSSR count). The van der Waals surface area contributed by atoms with E-state index in [0.717, 1.165) is 0 Å². The molecule has 9 heteroatoms. The zero-order chi connectivity index (χ0) is 22.5. The van der Waals surface area contributed by atoms with Crippen LogP contribution in [0.3, 0.4) is 0 Å². The summed E-state index contributed by atoms with van der Waals surface area (Å²) in [7, 11) is 3.11. The lowest BCUT2D eigenvalue weighted by atomic mass is 10.1.